The normalized spacial score (nSPS) is 11.4. The molecule has 4 nitrogen and oxygen atoms in total. The molecule has 2 N–H and O–H groups in total. The van der Waals surface area contributed by atoms with Crippen molar-refractivity contribution in [2.45, 2.75) is 20.8 Å². The van der Waals surface area contributed by atoms with Gasteiger partial charge in [0.25, 0.3) is 0 Å². The molecule has 0 saturated carbocycles. The minimum atomic E-state index is -4.19. The van der Waals surface area contributed by atoms with E-state index < -0.39 is 10.3 Å². The summed E-state index contributed by atoms with van der Waals surface area (Å²) in [6, 6.07) is 3.70. The second-order valence-electron chi connectivity index (χ2n) is 3.35. The van der Waals surface area contributed by atoms with Crippen LogP contribution in [0.25, 0.3) is 0 Å². The Morgan fingerprint density at radius 2 is 1.57 bits per heavy atom. The predicted octanol–water partition coefficient (Wildman–Crippen LogP) is 1.83. The molecule has 0 fully saturated rings. The molecule has 0 saturated heterocycles. The third-order valence-corrected chi connectivity index (χ3v) is 2.37. The fourth-order valence-corrected chi connectivity index (χ4v) is 2.05. The summed E-state index contributed by atoms with van der Waals surface area (Å²) < 4.78 is 32.0. The first-order valence-corrected chi connectivity index (χ1v) is 5.56. The van der Waals surface area contributed by atoms with Crippen molar-refractivity contribution in [1.82, 2.24) is 0 Å². The van der Waals surface area contributed by atoms with Crippen molar-refractivity contribution in [3.05, 3.63) is 28.8 Å². The van der Waals surface area contributed by atoms with Gasteiger partial charge in [0.15, 0.2) is 0 Å². The van der Waals surface area contributed by atoms with Gasteiger partial charge in [-0.2, -0.15) is 8.42 Å². The molecule has 1 rings (SSSR count). The fourth-order valence-electron chi connectivity index (χ4n) is 1.47. The van der Waals surface area contributed by atoms with E-state index in [4.69, 9.17) is 4.55 Å². The molecule has 0 atom stereocenters. The van der Waals surface area contributed by atoms with E-state index in [0.717, 1.165) is 16.7 Å². The average molecular weight is 215 g/mol. The Kier molecular flexibility index (Phi) is 2.82. The largest absolute Gasteiger partial charge is 0.357 e. The first-order valence-electron chi connectivity index (χ1n) is 4.12. The zero-order valence-corrected chi connectivity index (χ0v) is 9.14. The lowest BCUT2D eigenvalue weighted by Crippen LogP contribution is -2.12. The van der Waals surface area contributed by atoms with Gasteiger partial charge < -0.3 is 0 Å². The maximum atomic E-state index is 10.6. The second kappa shape index (κ2) is 3.59. The van der Waals surface area contributed by atoms with Crippen molar-refractivity contribution in [3.63, 3.8) is 0 Å². The van der Waals surface area contributed by atoms with E-state index in [2.05, 4.69) is 4.72 Å². The summed E-state index contributed by atoms with van der Waals surface area (Å²) in [5.74, 6) is 0. The molecule has 1 aromatic rings. The van der Waals surface area contributed by atoms with Crippen molar-refractivity contribution in [3.8, 4) is 0 Å². The maximum absolute atomic E-state index is 10.6. The van der Waals surface area contributed by atoms with Crippen LogP contribution in [0.5, 0.6) is 0 Å². The highest BCUT2D eigenvalue weighted by atomic mass is 32.2. The Balaban J connectivity index is 3.22. The van der Waals surface area contributed by atoms with E-state index in [-0.39, 0.29) is 0 Å². The van der Waals surface area contributed by atoms with Crippen LogP contribution in [-0.2, 0) is 10.3 Å². The number of hydrogen-bond acceptors (Lipinski definition) is 2. The Bertz CT molecular complexity index is 428. The van der Waals surface area contributed by atoms with Crippen molar-refractivity contribution >= 4 is 16.0 Å². The quantitative estimate of drug-likeness (QED) is 0.739. The van der Waals surface area contributed by atoms with Gasteiger partial charge in [0.2, 0.25) is 0 Å². The summed E-state index contributed by atoms with van der Waals surface area (Å²) in [5.41, 5.74) is 3.08. The van der Waals surface area contributed by atoms with Gasteiger partial charge in [0.1, 0.15) is 0 Å². The van der Waals surface area contributed by atoms with E-state index >= 15 is 0 Å². The molecule has 0 spiro atoms. The lowest BCUT2D eigenvalue weighted by Gasteiger charge is -2.10. The van der Waals surface area contributed by atoms with Crippen molar-refractivity contribution in [2.24, 2.45) is 0 Å². The fraction of sp³-hybridized carbons (Fsp3) is 0.333. The van der Waals surface area contributed by atoms with Gasteiger partial charge in [-0.05, 0) is 31.9 Å². The van der Waals surface area contributed by atoms with Crippen molar-refractivity contribution in [1.29, 1.82) is 0 Å². The molecule has 0 radical (unpaired) electrons. The van der Waals surface area contributed by atoms with E-state index in [0.29, 0.717) is 5.69 Å². The van der Waals surface area contributed by atoms with Crippen molar-refractivity contribution < 1.29 is 13.0 Å². The smallest absolute Gasteiger partial charge is 0.269 e. The number of nitrogens with one attached hydrogen (secondary N) is 1. The van der Waals surface area contributed by atoms with Gasteiger partial charge in [0, 0.05) is 0 Å². The Hall–Kier alpha value is -1.07. The number of anilines is 1. The molecule has 1 aromatic carbocycles. The number of aryl methyl sites for hydroxylation is 3. The molecule has 0 unspecified atom stereocenters. The van der Waals surface area contributed by atoms with Gasteiger partial charge >= 0.3 is 10.3 Å². The third kappa shape index (κ3) is 2.71. The van der Waals surface area contributed by atoms with Crippen LogP contribution in [0.2, 0.25) is 0 Å². The minimum Gasteiger partial charge on any atom is -0.269 e. The molecule has 0 heterocycles. The van der Waals surface area contributed by atoms with Crippen LogP contribution in [0.4, 0.5) is 5.69 Å². The highest BCUT2D eigenvalue weighted by Crippen LogP contribution is 2.22. The lowest BCUT2D eigenvalue weighted by atomic mass is 10.1. The summed E-state index contributed by atoms with van der Waals surface area (Å²) in [6.45, 7) is 5.50. The molecule has 0 bridgehead atoms. The van der Waals surface area contributed by atoms with Crippen LogP contribution in [0.15, 0.2) is 12.1 Å². The molecule has 5 heteroatoms. The second-order valence-corrected chi connectivity index (χ2v) is 4.51. The maximum Gasteiger partial charge on any atom is 0.357 e. The van der Waals surface area contributed by atoms with Crippen LogP contribution in [0.1, 0.15) is 16.7 Å². The highest BCUT2D eigenvalue weighted by Gasteiger charge is 2.09. The molecule has 0 aliphatic rings. The first-order chi connectivity index (χ1) is 6.29. The zero-order chi connectivity index (χ0) is 10.9. The van der Waals surface area contributed by atoms with Crippen LogP contribution < -0.4 is 4.72 Å². The lowest BCUT2D eigenvalue weighted by molar-refractivity contribution is 0.489. The summed E-state index contributed by atoms with van der Waals surface area (Å²) in [7, 11) is -4.19. The third-order valence-electron chi connectivity index (χ3n) is 1.91. The van der Waals surface area contributed by atoms with Gasteiger partial charge in [-0.15, -0.1) is 0 Å². The van der Waals surface area contributed by atoms with Crippen LogP contribution >= 0.6 is 0 Å². The van der Waals surface area contributed by atoms with E-state index in [1.165, 1.54) is 0 Å². The van der Waals surface area contributed by atoms with Gasteiger partial charge in [-0.1, -0.05) is 17.7 Å². The monoisotopic (exact) mass is 215 g/mol. The molecule has 78 valence electrons. The molecule has 14 heavy (non-hydrogen) atoms. The summed E-state index contributed by atoms with van der Waals surface area (Å²) in [5, 5.41) is 0. The first kappa shape index (κ1) is 11.0. The summed E-state index contributed by atoms with van der Waals surface area (Å²) in [6.07, 6.45) is 0. The van der Waals surface area contributed by atoms with Gasteiger partial charge in [-0.3, -0.25) is 9.27 Å². The van der Waals surface area contributed by atoms with Crippen molar-refractivity contribution in [2.75, 3.05) is 4.72 Å². The Morgan fingerprint density at radius 3 is 1.93 bits per heavy atom. The molecule has 0 aliphatic carbocycles. The SMILES string of the molecule is Cc1cc(C)c(NS(=O)(=O)O)c(C)c1. The standard InChI is InChI=1S/C9H13NO3S/c1-6-4-7(2)9(8(3)5-6)10-14(11,12)13/h4-5,10H,1-3H3,(H,11,12,13). The Morgan fingerprint density at radius 1 is 1.14 bits per heavy atom. The Labute approximate surface area is 83.8 Å². The topological polar surface area (TPSA) is 66.4 Å². The van der Waals surface area contributed by atoms with Crippen LogP contribution in [0.3, 0.4) is 0 Å². The number of benzene rings is 1. The zero-order valence-electron chi connectivity index (χ0n) is 8.33. The molecule has 0 aliphatic heterocycles. The van der Waals surface area contributed by atoms with Gasteiger partial charge in [-0.25, -0.2) is 0 Å². The summed E-state index contributed by atoms with van der Waals surface area (Å²) >= 11 is 0. The molecular formula is C9H13NO3S. The van der Waals surface area contributed by atoms with Crippen LogP contribution in [-0.4, -0.2) is 13.0 Å². The average Bonchev–Trinajstić information content (AvgIpc) is 1.95. The van der Waals surface area contributed by atoms with Crippen LogP contribution in [0, 0.1) is 20.8 Å². The minimum absolute atomic E-state index is 0.443. The summed E-state index contributed by atoms with van der Waals surface area (Å²) in [4.78, 5) is 0. The number of hydrogen-bond donors (Lipinski definition) is 2. The van der Waals surface area contributed by atoms with Gasteiger partial charge in [0.05, 0.1) is 5.69 Å². The van der Waals surface area contributed by atoms with E-state index in [1.54, 1.807) is 13.8 Å². The predicted molar refractivity (Wildman–Crippen MR) is 55.8 cm³/mol. The highest BCUT2D eigenvalue weighted by molar-refractivity contribution is 7.87. The number of rotatable bonds is 2. The van der Waals surface area contributed by atoms with E-state index in [9.17, 15) is 8.42 Å². The molecule has 0 amide bonds. The van der Waals surface area contributed by atoms with E-state index in [1.807, 2.05) is 19.1 Å². The molecule has 0 aromatic heterocycles. The molecular weight excluding hydrogens is 202 g/mol.